The summed E-state index contributed by atoms with van der Waals surface area (Å²) in [5, 5.41) is 11.1. The third kappa shape index (κ3) is 6.60. The third-order valence-electron chi connectivity index (χ3n) is 5.38. The number of ether oxygens (including phenoxy) is 1. The number of aliphatic imine (C=N–C) groups is 1. The molecule has 0 bridgehead atoms. The standard InChI is InChI=1S/C21H32N6O.HI/c1-22-21(23-15-18-11-12-25-26(18)2)24-16-20(27-13-5-4-6-14-27)17-7-9-19(28-3)10-8-17;/h7-12,20H,4-6,13-16H2,1-3H3,(H2,22,23,24);1H. The van der Waals surface area contributed by atoms with E-state index in [1.165, 1.54) is 24.8 Å². The highest BCUT2D eigenvalue weighted by molar-refractivity contribution is 14.0. The summed E-state index contributed by atoms with van der Waals surface area (Å²) < 4.78 is 7.19. The number of guanidine groups is 1. The lowest BCUT2D eigenvalue weighted by molar-refractivity contribution is 0.164. The molecule has 8 heteroatoms. The van der Waals surface area contributed by atoms with Crippen LogP contribution in [0.4, 0.5) is 0 Å². The van der Waals surface area contributed by atoms with Crippen molar-refractivity contribution in [3.05, 3.63) is 47.8 Å². The van der Waals surface area contributed by atoms with E-state index in [-0.39, 0.29) is 24.0 Å². The fraction of sp³-hybridized carbons (Fsp3) is 0.524. The zero-order valence-corrected chi connectivity index (χ0v) is 19.9. The third-order valence-corrected chi connectivity index (χ3v) is 5.38. The molecule has 1 aliphatic heterocycles. The molecule has 0 amide bonds. The van der Waals surface area contributed by atoms with Gasteiger partial charge < -0.3 is 15.4 Å². The molecule has 0 aliphatic carbocycles. The average molecular weight is 512 g/mol. The molecule has 1 fully saturated rings. The highest BCUT2D eigenvalue weighted by Gasteiger charge is 2.22. The maximum atomic E-state index is 5.32. The fourth-order valence-electron chi connectivity index (χ4n) is 3.68. The zero-order valence-electron chi connectivity index (χ0n) is 17.6. The van der Waals surface area contributed by atoms with Crippen molar-refractivity contribution in [1.82, 2.24) is 25.3 Å². The van der Waals surface area contributed by atoms with Crippen molar-refractivity contribution >= 4 is 29.9 Å². The van der Waals surface area contributed by atoms with Crippen molar-refractivity contribution in [2.24, 2.45) is 12.0 Å². The first kappa shape index (κ1) is 23.5. The molecule has 3 rings (SSSR count). The van der Waals surface area contributed by atoms with Crippen molar-refractivity contribution < 1.29 is 4.74 Å². The van der Waals surface area contributed by atoms with Gasteiger partial charge in [0.05, 0.1) is 25.4 Å². The van der Waals surface area contributed by atoms with Crippen LogP contribution in [0.25, 0.3) is 0 Å². The summed E-state index contributed by atoms with van der Waals surface area (Å²) in [6.07, 6.45) is 5.66. The number of likely N-dealkylation sites (tertiary alicyclic amines) is 1. The number of halogens is 1. The van der Waals surface area contributed by atoms with Crippen LogP contribution in [-0.2, 0) is 13.6 Å². The molecule has 2 heterocycles. The number of hydrogen-bond donors (Lipinski definition) is 2. The smallest absolute Gasteiger partial charge is 0.191 e. The number of aromatic nitrogens is 2. The van der Waals surface area contributed by atoms with Crippen molar-refractivity contribution in [2.75, 3.05) is 33.8 Å². The zero-order chi connectivity index (χ0) is 19.8. The lowest BCUT2D eigenvalue weighted by atomic mass is 10.0. The van der Waals surface area contributed by atoms with Crippen molar-refractivity contribution in [1.29, 1.82) is 0 Å². The van der Waals surface area contributed by atoms with E-state index in [0.29, 0.717) is 12.6 Å². The van der Waals surface area contributed by atoms with Crippen LogP contribution in [0.3, 0.4) is 0 Å². The molecule has 160 valence electrons. The first-order chi connectivity index (χ1) is 13.7. The van der Waals surface area contributed by atoms with Crippen molar-refractivity contribution in [3.63, 3.8) is 0 Å². The van der Waals surface area contributed by atoms with E-state index in [0.717, 1.165) is 37.0 Å². The summed E-state index contributed by atoms with van der Waals surface area (Å²) >= 11 is 0. The van der Waals surface area contributed by atoms with Gasteiger partial charge in [-0.15, -0.1) is 24.0 Å². The quantitative estimate of drug-likeness (QED) is 0.340. The van der Waals surface area contributed by atoms with Gasteiger partial charge in [-0.05, 0) is 49.7 Å². The van der Waals surface area contributed by atoms with E-state index in [1.807, 2.05) is 43.2 Å². The summed E-state index contributed by atoms with van der Waals surface area (Å²) in [7, 11) is 5.46. The van der Waals surface area contributed by atoms with E-state index in [2.05, 4.69) is 37.8 Å². The Kier molecular flexibility index (Phi) is 9.72. The molecule has 1 aromatic heterocycles. The second-order valence-electron chi connectivity index (χ2n) is 7.14. The molecule has 7 nitrogen and oxygen atoms in total. The maximum absolute atomic E-state index is 5.32. The number of benzene rings is 1. The van der Waals surface area contributed by atoms with Gasteiger partial charge in [-0.25, -0.2) is 0 Å². The van der Waals surface area contributed by atoms with Crippen LogP contribution < -0.4 is 15.4 Å². The van der Waals surface area contributed by atoms with Crippen LogP contribution in [0.5, 0.6) is 5.75 Å². The second-order valence-corrected chi connectivity index (χ2v) is 7.14. The molecule has 0 radical (unpaired) electrons. The van der Waals surface area contributed by atoms with Crippen LogP contribution in [0.15, 0.2) is 41.5 Å². The molecule has 29 heavy (non-hydrogen) atoms. The Hall–Kier alpha value is -1.81. The van der Waals surface area contributed by atoms with Gasteiger partial charge in [0, 0.05) is 26.8 Å². The van der Waals surface area contributed by atoms with Gasteiger partial charge in [0.1, 0.15) is 5.75 Å². The lowest BCUT2D eigenvalue weighted by Gasteiger charge is -2.35. The Balaban J connectivity index is 0.00000300. The SMILES string of the molecule is CN=C(NCc1ccnn1C)NCC(c1ccc(OC)cc1)N1CCCCC1.I. The molecule has 1 aliphatic rings. The summed E-state index contributed by atoms with van der Waals surface area (Å²) in [6, 6.07) is 10.7. The second kappa shape index (κ2) is 12.0. The van der Waals surface area contributed by atoms with Gasteiger partial charge in [-0.3, -0.25) is 14.6 Å². The number of methoxy groups -OCH3 is 1. The highest BCUT2D eigenvalue weighted by Crippen LogP contribution is 2.25. The maximum Gasteiger partial charge on any atom is 0.191 e. The molecule has 1 atom stereocenters. The molecule has 0 spiro atoms. The number of nitrogens with zero attached hydrogens (tertiary/aromatic N) is 4. The van der Waals surface area contributed by atoms with Gasteiger partial charge in [0.15, 0.2) is 5.96 Å². The predicted octanol–water partition coefficient (Wildman–Crippen LogP) is 2.94. The molecular weight excluding hydrogens is 479 g/mol. The molecule has 0 saturated carbocycles. The van der Waals surface area contributed by atoms with Gasteiger partial charge in [-0.1, -0.05) is 18.6 Å². The number of nitrogens with one attached hydrogen (secondary N) is 2. The van der Waals surface area contributed by atoms with Crippen LogP contribution in [0, 0.1) is 0 Å². The normalized spacial score (nSPS) is 16.0. The number of rotatable bonds is 7. The Morgan fingerprint density at radius 2 is 1.86 bits per heavy atom. The summed E-state index contributed by atoms with van der Waals surface area (Å²) in [4.78, 5) is 6.96. The lowest BCUT2D eigenvalue weighted by Crippen LogP contribution is -2.44. The first-order valence-electron chi connectivity index (χ1n) is 10.0. The topological polar surface area (TPSA) is 66.7 Å². The van der Waals surface area contributed by atoms with Gasteiger partial charge in [0.2, 0.25) is 0 Å². The minimum absolute atomic E-state index is 0. The van der Waals surface area contributed by atoms with Crippen LogP contribution in [-0.4, -0.2) is 54.4 Å². The molecular formula is C21H33IN6O. The fourth-order valence-corrected chi connectivity index (χ4v) is 3.68. The minimum atomic E-state index is 0. The predicted molar refractivity (Wildman–Crippen MR) is 128 cm³/mol. The average Bonchev–Trinajstić information content (AvgIpc) is 3.16. The number of aryl methyl sites for hydroxylation is 1. The molecule has 2 aromatic rings. The van der Waals surface area contributed by atoms with E-state index < -0.39 is 0 Å². The Labute approximate surface area is 190 Å². The molecule has 1 aromatic carbocycles. The first-order valence-corrected chi connectivity index (χ1v) is 10.0. The van der Waals surface area contributed by atoms with E-state index in [9.17, 15) is 0 Å². The number of piperidine rings is 1. The van der Waals surface area contributed by atoms with Crippen LogP contribution >= 0.6 is 24.0 Å². The Morgan fingerprint density at radius 3 is 2.45 bits per heavy atom. The van der Waals surface area contributed by atoms with Gasteiger partial charge >= 0.3 is 0 Å². The number of hydrogen-bond acceptors (Lipinski definition) is 4. The van der Waals surface area contributed by atoms with Crippen molar-refractivity contribution in [3.8, 4) is 5.75 Å². The molecule has 1 unspecified atom stereocenters. The van der Waals surface area contributed by atoms with Gasteiger partial charge in [-0.2, -0.15) is 5.10 Å². The largest absolute Gasteiger partial charge is 0.497 e. The van der Waals surface area contributed by atoms with E-state index in [1.54, 1.807) is 7.11 Å². The summed E-state index contributed by atoms with van der Waals surface area (Å²) in [5.41, 5.74) is 2.42. The highest BCUT2D eigenvalue weighted by atomic mass is 127. The Bertz CT molecular complexity index is 755. The minimum Gasteiger partial charge on any atom is -0.497 e. The van der Waals surface area contributed by atoms with Crippen LogP contribution in [0.1, 0.15) is 36.6 Å². The van der Waals surface area contributed by atoms with Gasteiger partial charge in [0.25, 0.3) is 0 Å². The molecule has 2 N–H and O–H groups in total. The summed E-state index contributed by atoms with van der Waals surface area (Å²) in [5.74, 6) is 1.69. The monoisotopic (exact) mass is 512 g/mol. The van der Waals surface area contributed by atoms with Crippen molar-refractivity contribution in [2.45, 2.75) is 31.8 Å². The van der Waals surface area contributed by atoms with E-state index in [4.69, 9.17) is 4.74 Å². The van der Waals surface area contributed by atoms with E-state index >= 15 is 0 Å². The van der Waals surface area contributed by atoms with Crippen LogP contribution in [0.2, 0.25) is 0 Å². The molecule has 1 saturated heterocycles. The summed E-state index contributed by atoms with van der Waals surface area (Å²) in [6.45, 7) is 3.77. The Morgan fingerprint density at radius 1 is 1.14 bits per heavy atom.